The maximum absolute atomic E-state index is 12.0. The fourth-order valence-corrected chi connectivity index (χ4v) is 3.53. The average molecular weight is 491 g/mol. The van der Waals surface area contributed by atoms with Crippen molar-refractivity contribution in [3.8, 4) is 11.5 Å². The number of hydrogen-bond acceptors (Lipinski definition) is 3. The molecule has 0 N–H and O–H groups in total. The first kappa shape index (κ1) is 20.3. The molecule has 0 spiro atoms. The molecule has 2 rings (SSSR count). The second-order valence-corrected chi connectivity index (χ2v) is 7.83. The number of carbonyl (C=O) groups is 1. The van der Waals surface area contributed by atoms with Crippen LogP contribution in [0, 0.1) is 20.8 Å². The Morgan fingerprint density at radius 3 is 2.52 bits per heavy atom. The van der Waals surface area contributed by atoms with E-state index in [-0.39, 0.29) is 12.4 Å². The molecule has 0 heterocycles. The molecule has 0 amide bonds. The zero-order valence-corrected chi connectivity index (χ0v) is 18.2. The fourth-order valence-electron chi connectivity index (χ4n) is 2.27. The molecule has 134 valence electrons. The minimum absolute atomic E-state index is 0.281. The fraction of sp³-hybridized carbons (Fsp3) is 0.316. The van der Waals surface area contributed by atoms with Gasteiger partial charge in [0.05, 0.1) is 15.6 Å². The standard InChI is InChI=1S/C19H19Br2ClO3/c1-11-6-7-15(14(20)9-11)25-17(23)5-4-8-24-16-10-12(2)19(22)13(3)18(16)21/h6-7,9-10H,4-5,8H2,1-3H3. The molecule has 0 aliphatic heterocycles. The molecule has 6 heteroatoms. The molecule has 0 unspecified atom stereocenters. The van der Waals surface area contributed by atoms with Gasteiger partial charge in [0.2, 0.25) is 0 Å². The maximum Gasteiger partial charge on any atom is 0.311 e. The van der Waals surface area contributed by atoms with Crippen LogP contribution in [0.25, 0.3) is 0 Å². The van der Waals surface area contributed by atoms with Crippen molar-refractivity contribution < 1.29 is 14.3 Å². The van der Waals surface area contributed by atoms with Gasteiger partial charge in [0.1, 0.15) is 11.5 Å². The summed E-state index contributed by atoms with van der Waals surface area (Å²) in [6.07, 6.45) is 0.846. The number of halogens is 3. The number of hydrogen-bond donors (Lipinski definition) is 0. The third-order valence-corrected chi connectivity index (χ3v) is 5.85. The van der Waals surface area contributed by atoms with E-state index in [2.05, 4.69) is 31.9 Å². The molecule has 0 fully saturated rings. The third-order valence-electron chi connectivity index (χ3n) is 3.66. The molecule has 2 aromatic carbocycles. The Balaban J connectivity index is 1.84. The largest absolute Gasteiger partial charge is 0.492 e. The summed E-state index contributed by atoms with van der Waals surface area (Å²) >= 11 is 13.1. The van der Waals surface area contributed by atoms with E-state index >= 15 is 0 Å². The summed E-state index contributed by atoms with van der Waals surface area (Å²) in [6.45, 7) is 6.27. The van der Waals surface area contributed by atoms with Crippen molar-refractivity contribution in [2.24, 2.45) is 0 Å². The van der Waals surface area contributed by atoms with Crippen LogP contribution in [0.15, 0.2) is 33.2 Å². The lowest BCUT2D eigenvalue weighted by atomic mass is 10.1. The molecule has 0 saturated heterocycles. The molecular weight excluding hydrogens is 471 g/mol. The van der Waals surface area contributed by atoms with Crippen LogP contribution in [0.3, 0.4) is 0 Å². The number of benzene rings is 2. The van der Waals surface area contributed by atoms with Gasteiger partial charge < -0.3 is 9.47 Å². The Morgan fingerprint density at radius 1 is 1.12 bits per heavy atom. The quantitative estimate of drug-likeness (QED) is 0.262. The van der Waals surface area contributed by atoms with Gasteiger partial charge in [0.25, 0.3) is 0 Å². The van der Waals surface area contributed by atoms with Gasteiger partial charge in [-0.15, -0.1) is 0 Å². The third kappa shape index (κ3) is 5.47. The summed E-state index contributed by atoms with van der Waals surface area (Å²) < 4.78 is 12.7. The van der Waals surface area contributed by atoms with Gasteiger partial charge in [-0.25, -0.2) is 0 Å². The first-order valence-corrected chi connectivity index (χ1v) is 9.81. The molecule has 0 aromatic heterocycles. The Kier molecular flexibility index (Phi) is 7.35. The number of ether oxygens (including phenoxy) is 2. The van der Waals surface area contributed by atoms with Gasteiger partial charge in [-0.1, -0.05) is 17.7 Å². The van der Waals surface area contributed by atoms with Crippen LogP contribution < -0.4 is 9.47 Å². The Hall–Kier alpha value is -1.04. The zero-order valence-electron chi connectivity index (χ0n) is 14.3. The summed E-state index contributed by atoms with van der Waals surface area (Å²) in [7, 11) is 0. The summed E-state index contributed by atoms with van der Waals surface area (Å²) in [5.41, 5.74) is 3.00. The van der Waals surface area contributed by atoms with E-state index in [4.69, 9.17) is 21.1 Å². The van der Waals surface area contributed by atoms with E-state index in [1.54, 1.807) is 6.07 Å². The highest BCUT2D eigenvalue weighted by Crippen LogP contribution is 2.35. The molecule has 0 aliphatic carbocycles. The Labute approximate surface area is 169 Å². The molecule has 0 atom stereocenters. The lowest BCUT2D eigenvalue weighted by Crippen LogP contribution is -2.10. The van der Waals surface area contributed by atoms with Crippen LogP contribution in [0.4, 0.5) is 0 Å². The van der Waals surface area contributed by atoms with Gasteiger partial charge in [-0.3, -0.25) is 4.79 Å². The van der Waals surface area contributed by atoms with E-state index in [0.29, 0.717) is 18.8 Å². The average Bonchev–Trinajstić information content (AvgIpc) is 2.56. The van der Waals surface area contributed by atoms with Crippen molar-refractivity contribution in [1.82, 2.24) is 0 Å². The molecule has 2 aromatic rings. The second kappa shape index (κ2) is 9.06. The van der Waals surface area contributed by atoms with E-state index in [1.807, 2.05) is 39.0 Å². The molecule has 0 bridgehead atoms. The summed E-state index contributed by atoms with van der Waals surface area (Å²) in [5.74, 6) is 0.980. The summed E-state index contributed by atoms with van der Waals surface area (Å²) in [6, 6.07) is 7.49. The second-order valence-electron chi connectivity index (χ2n) is 5.80. The van der Waals surface area contributed by atoms with Gasteiger partial charge in [0.15, 0.2) is 0 Å². The first-order chi connectivity index (χ1) is 11.8. The van der Waals surface area contributed by atoms with Crippen LogP contribution in [-0.4, -0.2) is 12.6 Å². The maximum atomic E-state index is 12.0. The Morgan fingerprint density at radius 2 is 1.84 bits per heavy atom. The van der Waals surface area contributed by atoms with Crippen LogP contribution in [-0.2, 0) is 4.79 Å². The van der Waals surface area contributed by atoms with Crippen LogP contribution in [0.1, 0.15) is 29.5 Å². The van der Waals surface area contributed by atoms with Crippen LogP contribution >= 0.6 is 43.5 Å². The van der Waals surface area contributed by atoms with E-state index in [0.717, 1.165) is 36.4 Å². The highest BCUT2D eigenvalue weighted by atomic mass is 79.9. The van der Waals surface area contributed by atoms with Crippen LogP contribution in [0.5, 0.6) is 11.5 Å². The van der Waals surface area contributed by atoms with Gasteiger partial charge >= 0.3 is 5.97 Å². The minimum Gasteiger partial charge on any atom is -0.492 e. The highest BCUT2D eigenvalue weighted by molar-refractivity contribution is 9.11. The number of esters is 1. The highest BCUT2D eigenvalue weighted by Gasteiger charge is 2.12. The molecular formula is C19H19Br2ClO3. The van der Waals surface area contributed by atoms with Crippen molar-refractivity contribution >= 4 is 49.4 Å². The predicted octanol–water partition coefficient (Wildman–Crippen LogP) is 6.55. The molecule has 25 heavy (non-hydrogen) atoms. The smallest absolute Gasteiger partial charge is 0.311 e. The topological polar surface area (TPSA) is 35.5 Å². The lowest BCUT2D eigenvalue weighted by molar-refractivity contribution is -0.134. The summed E-state index contributed by atoms with van der Waals surface area (Å²) in [5, 5.41) is 0.728. The number of carbonyl (C=O) groups excluding carboxylic acids is 1. The van der Waals surface area contributed by atoms with Crippen molar-refractivity contribution in [1.29, 1.82) is 0 Å². The predicted molar refractivity (Wildman–Crippen MR) is 108 cm³/mol. The Bertz CT molecular complexity index is 791. The first-order valence-electron chi connectivity index (χ1n) is 7.84. The monoisotopic (exact) mass is 488 g/mol. The SMILES string of the molecule is Cc1ccc(OC(=O)CCCOc2cc(C)c(Cl)c(C)c2Br)c(Br)c1. The van der Waals surface area contributed by atoms with Crippen LogP contribution in [0.2, 0.25) is 5.02 Å². The number of rotatable bonds is 6. The molecule has 3 nitrogen and oxygen atoms in total. The van der Waals surface area contributed by atoms with Crippen molar-refractivity contribution in [2.45, 2.75) is 33.6 Å². The van der Waals surface area contributed by atoms with E-state index < -0.39 is 0 Å². The van der Waals surface area contributed by atoms with Gasteiger partial charge in [-0.2, -0.15) is 0 Å². The van der Waals surface area contributed by atoms with Crippen molar-refractivity contribution in [3.63, 3.8) is 0 Å². The van der Waals surface area contributed by atoms with Gasteiger partial charge in [0, 0.05) is 11.4 Å². The normalized spacial score (nSPS) is 10.6. The van der Waals surface area contributed by atoms with Crippen molar-refractivity contribution in [3.05, 3.63) is 54.9 Å². The number of aryl methyl sites for hydroxylation is 2. The van der Waals surface area contributed by atoms with E-state index in [9.17, 15) is 4.79 Å². The van der Waals surface area contributed by atoms with Gasteiger partial charge in [-0.05, 0) is 93.9 Å². The van der Waals surface area contributed by atoms with E-state index in [1.165, 1.54) is 0 Å². The molecule has 0 saturated carbocycles. The zero-order chi connectivity index (χ0) is 18.6. The summed E-state index contributed by atoms with van der Waals surface area (Å²) in [4.78, 5) is 12.0. The minimum atomic E-state index is -0.282. The lowest BCUT2D eigenvalue weighted by Gasteiger charge is -2.13. The molecule has 0 aliphatic rings. The van der Waals surface area contributed by atoms with Crippen molar-refractivity contribution in [2.75, 3.05) is 6.61 Å². The molecule has 0 radical (unpaired) electrons.